The van der Waals surface area contributed by atoms with Crippen molar-refractivity contribution >= 4 is 28.8 Å². The Balaban J connectivity index is 1.94. The lowest BCUT2D eigenvalue weighted by molar-refractivity contribution is 0.0973. The SMILES string of the molecule is CCCC(C)OC(=O)N[C@@H](C=N)C(CC)C1CCN(c2cc(C)ns2)C1. The highest BCUT2D eigenvalue weighted by molar-refractivity contribution is 7.10. The highest BCUT2D eigenvalue weighted by Gasteiger charge is 2.34. The van der Waals surface area contributed by atoms with E-state index in [-0.39, 0.29) is 18.1 Å². The average Bonchev–Trinajstić information content (AvgIpc) is 3.23. The summed E-state index contributed by atoms with van der Waals surface area (Å²) in [5, 5.41) is 11.9. The Bertz CT molecular complexity index is 592. The van der Waals surface area contributed by atoms with E-state index in [4.69, 9.17) is 10.1 Å². The number of aryl methyl sites for hydroxylation is 1. The first-order chi connectivity index (χ1) is 12.5. The molecule has 1 aromatic heterocycles. The largest absolute Gasteiger partial charge is 0.447 e. The number of amides is 1. The minimum Gasteiger partial charge on any atom is -0.447 e. The van der Waals surface area contributed by atoms with E-state index >= 15 is 0 Å². The summed E-state index contributed by atoms with van der Waals surface area (Å²) in [6.45, 7) is 10.1. The molecule has 0 spiro atoms. The highest BCUT2D eigenvalue weighted by atomic mass is 32.1. The van der Waals surface area contributed by atoms with E-state index in [1.165, 1.54) is 11.2 Å². The Morgan fingerprint density at radius 2 is 2.35 bits per heavy atom. The molecule has 1 saturated heterocycles. The van der Waals surface area contributed by atoms with Crippen molar-refractivity contribution in [2.45, 2.75) is 65.5 Å². The first kappa shape index (κ1) is 20.7. The summed E-state index contributed by atoms with van der Waals surface area (Å²) in [5.74, 6) is 0.683. The van der Waals surface area contributed by atoms with Crippen LogP contribution in [0.5, 0.6) is 0 Å². The number of carbonyl (C=O) groups excluding carboxylic acids is 1. The molecule has 2 rings (SSSR count). The molecule has 2 heterocycles. The molecule has 2 N–H and O–H groups in total. The zero-order valence-corrected chi connectivity index (χ0v) is 17.1. The second-order valence-electron chi connectivity index (χ2n) is 7.21. The van der Waals surface area contributed by atoms with Gasteiger partial charge in [-0.2, -0.15) is 4.37 Å². The van der Waals surface area contributed by atoms with E-state index < -0.39 is 6.09 Å². The number of ether oxygens (including phenoxy) is 1. The molecule has 1 fully saturated rings. The maximum Gasteiger partial charge on any atom is 0.407 e. The van der Waals surface area contributed by atoms with Crippen LogP contribution in [0.25, 0.3) is 0 Å². The maximum absolute atomic E-state index is 12.2. The third-order valence-corrected chi connectivity index (χ3v) is 6.10. The van der Waals surface area contributed by atoms with Crippen LogP contribution in [0.4, 0.5) is 9.80 Å². The molecule has 4 atom stereocenters. The van der Waals surface area contributed by atoms with Gasteiger partial charge in [-0.1, -0.05) is 26.7 Å². The van der Waals surface area contributed by atoms with Crippen molar-refractivity contribution in [3.05, 3.63) is 11.8 Å². The van der Waals surface area contributed by atoms with Gasteiger partial charge in [0.1, 0.15) is 11.1 Å². The van der Waals surface area contributed by atoms with Gasteiger partial charge in [0.25, 0.3) is 0 Å². The number of hydrogen-bond donors (Lipinski definition) is 2. The molecule has 0 saturated carbocycles. The zero-order valence-electron chi connectivity index (χ0n) is 16.3. The van der Waals surface area contributed by atoms with Crippen LogP contribution in [0.15, 0.2) is 6.07 Å². The summed E-state index contributed by atoms with van der Waals surface area (Å²) in [6, 6.07) is 1.85. The van der Waals surface area contributed by atoms with Gasteiger partial charge in [-0.3, -0.25) is 0 Å². The van der Waals surface area contributed by atoms with Crippen molar-refractivity contribution in [2.24, 2.45) is 11.8 Å². The van der Waals surface area contributed by atoms with Crippen LogP contribution in [0.1, 0.15) is 52.1 Å². The summed E-state index contributed by atoms with van der Waals surface area (Å²) >= 11 is 1.55. The van der Waals surface area contributed by atoms with Gasteiger partial charge in [-0.05, 0) is 56.1 Å². The fraction of sp³-hybridized carbons (Fsp3) is 0.737. The van der Waals surface area contributed by atoms with Gasteiger partial charge in [-0.25, -0.2) is 4.79 Å². The number of alkyl carbamates (subject to hydrolysis) is 1. The van der Waals surface area contributed by atoms with Gasteiger partial charge >= 0.3 is 6.09 Å². The van der Waals surface area contributed by atoms with Crippen LogP contribution < -0.4 is 10.2 Å². The standard InChI is InChI=1S/C19H32N4O2S/c1-5-7-14(4)25-19(24)21-17(11-20)16(6-2)15-8-9-23(12-15)18-10-13(3)22-26-18/h10-11,14-17,20H,5-9,12H2,1-4H3,(H,21,24)/t14?,15?,16?,17-/m0/s1. The minimum absolute atomic E-state index is 0.0944. The molecule has 1 aliphatic rings. The second-order valence-corrected chi connectivity index (χ2v) is 8.00. The van der Waals surface area contributed by atoms with Crippen LogP contribution in [0.2, 0.25) is 0 Å². The van der Waals surface area contributed by atoms with Gasteiger partial charge in [0.2, 0.25) is 0 Å². The molecule has 7 heteroatoms. The number of anilines is 1. The van der Waals surface area contributed by atoms with Gasteiger partial charge in [0.05, 0.1) is 11.7 Å². The van der Waals surface area contributed by atoms with Crippen LogP contribution in [0, 0.1) is 24.2 Å². The molecule has 1 aliphatic heterocycles. The number of nitrogens with one attached hydrogen (secondary N) is 2. The monoisotopic (exact) mass is 380 g/mol. The van der Waals surface area contributed by atoms with E-state index in [9.17, 15) is 4.79 Å². The molecule has 0 bridgehead atoms. The third-order valence-electron chi connectivity index (χ3n) is 5.16. The van der Waals surface area contributed by atoms with Crippen molar-refractivity contribution in [3.63, 3.8) is 0 Å². The molecule has 0 aromatic carbocycles. The topological polar surface area (TPSA) is 78.3 Å². The lowest BCUT2D eigenvalue weighted by atomic mass is 9.83. The first-order valence-corrected chi connectivity index (χ1v) is 10.4. The maximum atomic E-state index is 12.2. The molecule has 6 nitrogen and oxygen atoms in total. The zero-order chi connectivity index (χ0) is 19.1. The van der Waals surface area contributed by atoms with Crippen LogP contribution in [0.3, 0.4) is 0 Å². The molecule has 146 valence electrons. The van der Waals surface area contributed by atoms with E-state index in [0.29, 0.717) is 5.92 Å². The number of carbonyl (C=O) groups is 1. The summed E-state index contributed by atoms with van der Waals surface area (Å²) in [5.41, 5.74) is 1.06. The quantitative estimate of drug-likeness (QED) is 0.628. The first-order valence-electron chi connectivity index (χ1n) is 9.64. The van der Waals surface area contributed by atoms with Gasteiger partial charge in [-0.15, -0.1) is 0 Å². The Morgan fingerprint density at radius 3 is 2.92 bits per heavy atom. The Morgan fingerprint density at radius 1 is 1.58 bits per heavy atom. The number of rotatable bonds is 9. The molecule has 0 aliphatic carbocycles. The summed E-state index contributed by atoms with van der Waals surface area (Å²) in [4.78, 5) is 14.5. The van der Waals surface area contributed by atoms with Crippen molar-refractivity contribution in [1.82, 2.24) is 9.69 Å². The predicted molar refractivity (Wildman–Crippen MR) is 108 cm³/mol. The Hall–Kier alpha value is -1.63. The van der Waals surface area contributed by atoms with Crippen molar-refractivity contribution in [3.8, 4) is 0 Å². The van der Waals surface area contributed by atoms with E-state index in [1.54, 1.807) is 11.5 Å². The third kappa shape index (κ3) is 5.43. The van der Waals surface area contributed by atoms with Gasteiger partial charge in [0.15, 0.2) is 0 Å². The lowest BCUT2D eigenvalue weighted by Crippen LogP contribution is -2.45. The predicted octanol–water partition coefficient (Wildman–Crippen LogP) is 4.24. The van der Waals surface area contributed by atoms with Gasteiger partial charge < -0.3 is 20.4 Å². The average molecular weight is 381 g/mol. The molecular weight excluding hydrogens is 348 g/mol. The molecule has 3 unspecified atom stereocenters. The molecule has 1 amide bonds. The van der Waals surface area contributed by atoms with Crippen LogP contribution >= 0.6 is 11.5 Å². The van der Waals surface area contributed by atoms with Crippen molar-refractivity contribution in [1.29, 1.82) is 5.41 Å². The summed E-state index contributed by atoms with van der Waals surface area (Å²) in [6.07, 6.45) is 4.68. The molecule has 26 heavy (non-hydrogen) atoms. The number of nitrogens with zero attached hydrogens (tertiary/aromatic N) is 2. The minimum atomic E-state index is -0.411. The highest BCUT2D eigenvalue weighted by Crippen LogP contribution is 2.33. The fourth-order valence-corrected chi connectivity index (χ4v) is 4.60. The van der Waals surface area contributed by atoms with Crippen molar-refractivity contribution < 1.29 is 9.53 Å². The number of aromatic nitrogens is 1. The van der Waals surface area contributed by atoms with Gasteiger partial charge in [0, 0.05) is 19.3 Å². The summed E-state index contributed by atoms with van der Waals surface area (Å²) < 4.78 is 9.78. The Labute approximate surface area is 161 Å². The van der Waals surface area contributed by atoms with E-state index in [2.05, 4.69) is 34.5 Å². The number of hydrogen-bond acceptors (Lipinski definition) is 6. The van der Waals surface area contributed by atoms with E-state index in [1.807, 2.05) is 13.8 Å². The fourth-order valence-electron chi connectivity index (χ4n) is 3.81. The second kappa shape index (κ2) is 9.90. The molecular formula is C19H32N4O2S. The smallest absolute Gasteiger partial charge is 0.407 e. The summed E-state index contributed by atoms with van der Waals surface area (Å²) in [7, 11) is 0. The van der Waals surface area contributed by atoms with Crippen LogP contribution in [-0.2, 0) is 4.74 Å². The van der Waals surface area contributed by atoms with Crippen LogP contribution in [-0.4, -0.2) is 41.9 Å². The molecule has 1 aromatic rings. The normalized spacial score (nSPS) is 20.5. The lowest BCUT2D eigenvalue weighted by Gasteiger charge is -2.29. The Kier molecular flexibility index (Phi) is 7.87. The molecule has 0 radical (unpaired) electrons. The van der Waals surface area contributed by atoms with Crippen molar-refractivity contribution in [2.75, 3.05) is 18.0 Å². The van der Waals surface area contributed by atoms with E-state index in [0.717, 1.165) is 44.5 Å².